The topological polar surface area (TPSA) is 77.8 Å². The molecule has 2 atom stereocenters. The van der Waals surface area contributed by atoms with Crippen molar-refractivity contribution in [2.24, 2.45) is 5.92 Å². The van der Waals surface area contributed by atoms with Gasteiger partial charge in [0.15, 0.2) is 0 Å². The van der Waals surface area contributed by atoms with Gasteiger partial charge in [-0.1, -0.05) is 24.3 Å². The molecule has 1 aromatic carbocycles. The number of rotatable bonds is 6. The molecule has 0 bridgehead atoms. The van der Waals surface area contributed by atoms with Gasteiger partial charge < -0.3 is 15.3 Å². The largest absolute Gasteiger partial charge is 0.481 e. The highest BCUT2D eigenvalue weighted by atomic mass is 16.4. The van der Waals surface area contributed by atoms with Crippen molar-refractivity contribution in [3.8, 4) is 0 Å². The van der Waals surface area contributed by atoms with Gasteiger partial charge in [-0.15, -0.1) is 0 Å². The van der Waals surface area contributed by atoms with Crippen LogP contribution in [0.1, 0.15) is 42.4 Å². The summed E-state index contributed by atoms with van der Waals surface area (Å²) in [4.78, 5) is 10.9. The second-order valence-electron chi connectivity index (χ2n) is 4.91. The number of aliphatic hydroxyl groups excluding tert-OH is 2. The molecule has 18 heavy (non-hydrogen) atoms. The van der Waals surface area contributed by atoms with Gasteiger partial charge in [-0.25, -0.2) is 0 Å². The number of carbonyl (C=O) groups is 1. The highest BCUT2D eigenvalue weighted by Crippen LogP contribution is 2.44. The first kappa shape index (κ1) is 13.1. The number of aliphatic carboxylic acids is 1. The van der Waals surface area contributed by atoms with Crippen molar-refractivity contribution in [1.29, 1.82) is 0 Å². The number of hydrogen-bond donors (Lipinski definition) is 3. The standard InChI is InChI=1S/C14H18O4/c15-8-13(16)11-3-1-2-10(6-11)12(7-14(17)18)9-4-5-9/h1-3,6,9,12-13,15-16H,4-5,7-8H2,(H,17,18). The van der Waals surface area contributed by atoms with Crippen molar-refractivity contribution in [2.45, 2.75) is 31.3 Å². The van der Waals surface area contributed by atoms with Gasteiger partial charge in [0.25, 0.3) is 0 Å². The molecule has 98 valence electrons. The van der Waals surface area contributed by atoms with Crippen LogP contribution < -0.4 is 0 Å². The second-order valence-corrected chi connectivity index (χ2v) is 4.91. The van der Waals surface area contributed by atoms with Crippen LogP contribution in [0.4, 0.5) is 0 Å². The van der Waals surface area contributed by atoms with Crippen LogP contribution in [0.25, 0.3) is 0 Å². The van der Waals surface area contributed by atoms with Crippen molar-refractivity contribution >= 4 is 5.97 Å². The molecule has 0 spiro atoms. The summed E-state index contributed by atoms with van der Waals surface area (Å²) < 4.78 is 0. The van der Waals surface area contributed by atoms with Crippen LogP contribution >= 0.6 is 0 Å². The van der Waals surface area contributed by atoms with Crippen molar-refractivity contribution in [2.75, 3.05) is 6.61 Å². The normalized spacial score (nSPS) is 18.3. The Bertz CT molecular complexity index is 426. The predicted molar refractivity (Wildman–Crippen MR) is 66.2 cm³/mol. The zero-order valence-corrected chi connectivity index (χ0v) is 10.1. The summed E-state index contributed by atoms with van der Waals surface area (Å²) in [6.45, 7) is -0.323. The van der Waals surface area contributed by atoms with E-state index < -0.39 is 12.1 Å². The van der Waals surface area contributed by atoms with Gasteiger partial charge in [0.1, 0.15) is 6.10 Å². The summed E-state index contributed by atoms with van der Waals surface area (Å²) >= 11 is 0. The van der Waals surface area contributed by atoms with Crippen LogP contribution in [0.15, 0.2) is 24.3 Å². The molecule has 0 amide bonds. The van der Waals surface area contributed by atoms with Crippen molar-refractivity contribution in [1.82, 2.24) is 0 Å². The first-order chi connectivity index (χ1) is 8.61. The minimum atomic E-state index is -0.894. The minimum Gasteiger partial charge on any atom is -0.481 e. The lowest BCUT2D eigenvalue weighted by Gasteiger charge is -2.16. The predicted octanol–water partition coefficient (Wildman–Crippen LogP) is 1.68. The van der Waals surface area contributed by atoms with Crippen molar-refractivity contribution in [3.63, 3.8) is 0 Å². The van der Waals surface area contributed by atoms with Gasteiger partial charge in [0.2, 0.25) is 0 Å². The van der Waals surface area contributed by atoms with Crippen LogP contribution in [-0.4, -0.2) is 27.9 Å². The van der Waals surface area contributed by atoms with E-state index >= 15 is 0 Å². The Morgan fingerprint density at radius 3 is 2.56 bits per heavy atom. The fourth-order valence-corrected chi connectivity index (χ4v) is 2.35. The summed E-state index contributed by atoms with van der Waals surface area (Å²) in [5, 5.41) is 27.5. The molecule has 1 fully saturated rings. The summed E-state index contributed by atoms with van der Waals surface area (Å²) in [6, 6.07) is 7.27. The summed E-state index contributed by atoms with van der Waals surface area (Å²) in [5.74, 6) is -0.323. The molecule has 3 N–H and O–H groups in total. The van der Waals surface area contributed by atoms with E-state index in [2.05, 4.69) is 0 Å². The van der Waals surface area contributed by atoms with Gasteiger partial charge in [-0.2, -0.15) is 0 Å². The molecule has 0 radical (unpaired) electrons. The number of carboxylic acids is 1. The van der Waals surface area contributed by atoms with Gasteiger partial charge in [0, 0.05) is 0 Å². The molecule has 0 aliphatic heterocycles. The minimum absolute atomic E-state index is 0.0216. The maximum atomic E-state index is 10.9. The van der Waals surface area contributed by atoms with E-state index in [0.717, 1.165) is 18.4 Å². The Kier molecular flexibility index (Phi) is 3.99. The van der Waals surface area contributed by atoms with Gasteiger partial charge in [0.05, 0.1) is 13.0 Å². The highest BCUT2D eigenvalue weighted by Gasteiger charge is 2.33. The smallest absolute Gasteiger partial charge is 0.303 e. The SMILES string of the molecule is O=C(O)CC(c1cccc(C(O)CO)c1)C1CC1. The Labute approximate surface area is 106 Å². The molecule has 0 aromatic heterocycles. The van der Waals surface area contributed by atoms with E-state index in [1.807, 2.05) is 12.1 Å². The van der Waals surface area contributed by atoms with Crippen molar-refractivity contribution in [3.05, 3.63) is 35.4 Å². The molecule has 4 nitrogen and oxygen atoms in total. The lowest BCUT2D eigenvalue weighted by Crippen LogP contribution is -2.10. The summed E-state index contributed by atoms with van der Waals surface area (Å²) in [7, 11) is 0. The summed E-state index contributed by atoms with van der Waals surface area (Å²) in [6.07, 6.45) is 1.38. The zero-order valence-electron chi connectivity index (χ0n) is 10.1. The van der Waals surface area contributed by atoms with Gasteiger partial charge in [-0.05, 0) is 35.8 Å². The van der Waals surface area contributed by atoms with E-state index in [9.17, 15) is 9.90 Å². The average molecular weight is 250 g/mol. The van der Waals surface area contributed by atoms with E-state index in [-0.39, 0.29) is 18.9 Å². The first-order valence-corrected chi connectivity index (χ1v) is 6.22. The van der Waals surface area contributed by atoms with Gasteiger partial charge in [-0.3, -0.25) is 4.79 Å². The van der Waals surface area contributed by atoms with E-state index in [1.165, 1.54) is 0 Å². The third kappa shape index (κ3) is 3.09. The lowest BCUT2D eigenvalue weighted by atomic mass is 9.89. The Morgan fingerprint density at radius 2 is 2.00 bits per heavy atom. The fraction of sp³-hybridized carbons (Fsp3) is 0.500. The van der Waals surface area contributed by atoms with Crippen LogP contribution in [0, 0.1) is 5.92 Å². The molecule has 0 heterocycles. The molecule has 1 aliphatic rings. The zero-order chi connectivity index (χ0) is 13.1. The maximum Gasteiger partial charge on any atom is 0.303 e. The van der Waals surface area contributed by atoms with Crippen molar-refractivity contribution < 1.29 is 20.1 Å². The molecular formula is C14H18O4. The maximum absolute atomic E-state index is 10.9. The van der Waals surface area contributed by atoms with Crippen LogP contribution in [0.3, 0.4) is 0 Å². The Balaban J connectivity index is 2.21. The fourth-order valence-electron chi connectivity index (χ4n) is 2.35. The second kappa shape index (κ2) is 5.50. The molecule has 2 rings (SSSR count). The van der Waals surface area contributed by atoms with Crippen LogP contribution in [-0.2, 0) is 4.79 Å². The quantitative estimate of drug-likeness (QED) is 0.718. The Morgan fingerprint density at radius 1 is 1.33 bits per heavy atom. The van der Waals surface area contributed by atoms with E-state index in [1.54, 1.807) is 12.1 Å². The van der Waals surface area contributed by atoms with Crippen LogP contribution in [0.2, 0.25) is 0 Å². The third-order valence-electron chi connectivity index (χ3n) is 3.48. The number of benzene rings is 1. The molecule has 1 aliphatic carbocycles. The third-order valence-corrected chi connectivity index (χ3v) is 3.48. The average Bonchev–Trinajstić information content (AvgIpc) is 3.19. The summed E-state index contributed by atoms with van der Waals surface area (Å²) in [5.41, 5.74) is 1.59. The number of hydrogen-bond acceptors (Lipinski definition) is 3. The Hall–Kier alpha value is -1.39. The highest BCUT2D eigenvalue weighted by molar-refractivity contribution is 5.68. The van der Waals surface area contributed by atoms with Gasteiger partial charge >= 0.3 is 5.97 Å². The lowest BCUT2D eigenvalue weighted by molar-refractivity contribution is -0.137. The first-order valence-electron chi connectivity index (χ1n) is 6.22. The number of carboxylic acid groups (broad SMARTS) is 1. The molecule has 1 saturated carbocycles. The molecule has 4 heteroatoms. The van der Waals surface area contributed by atoms with Crippen LogP contribution in [0.5, 0.6) is 0 Å². The monoisotopic (exact) mass is 250 g/mol. The number of aliphatic hydroxyl groups is 2. The molecule has 0 saturated heterocycles. The molecular weight excluding hydrogens is 232 g/mol. The molecule has 2 unspecified atom stereocenters. The van der Waals surface area contributed by atoms with E-state index in [4.69, 9.17) is 10.2 Å². The van der Waals surface area contributed by atoms with E-state index in [0.29, 0.717) is 11.5 Å². The molecule has 1 aromatic rings.